The summed E-state index contributed by atoms with van der Waals surface area (Å²) in [5.74, 6) is 0.333. The molecule has 292 valence electrons. The lowest BCUT2D eigenvalue weighted by Gasteiger charge is -2.11. The van der Waals surface area contributed by atoms with Crippen LogP contribution in [-0.4, -0.2) is 17.3 Å². The molecule has 6 aromatic rings. The van der Waals surface area contributed by atoms with Crippen LogP contribution < -0.4 is 5.32 Å². The molecule has 0 aromatic heterocycles. The van der Waals surface area contributed by atoms with E-state index in [0.29, 0.717) is 11.4 Å². The van der Waals surface area contributed by atoms with E-state index in [0.717, 1.165) is 49.7 Å². The molecule has 0 spiro atoms. The smallest absolute Gasteiger partial charge is 0.153 e. The van der Waals surface area contributed by atoms with Crippen LogP contribution in [0.5, 0.6) is 11.5 Å². The summed E-state index contributed by atoms with van der Waals surface area (Å²) in [7, 11) is 1.83. The number of phenolic OH excluding ortho intramolecular Hbond substituents is 2. The number of hydrogen-bond acceptors (Lipinski definition) is 7. The predicted molar refractivity (Wildman–Crippen MR) is 240 cm³/mol. The van der Waals surface area contributed by atoms with Gasteiger partial charge in [0.15, 0.2) is 11.5 Å². The Bertz CT molecular complexity index is 1910. The minimum atomic E-state index is 0.152. The van der Waals surface area contributed by atoms with Gasteiger partial charge in [0.2, 0.25) is 0 Å². The molecule has 0 unspecified atom stereocenters. The van der Waals surface area contributed by atoms with Gasteiger partial charge in [0, 0.05) is 23.5 Å². The molecule has 54 heavy (non-hydrogen) atoms. The zero-order valence-corrected chi connectivity index (χ0v) is 35.7. The molecule has 0 saturated heterocycles. The number of hydrogen-bond donors (Lipinski definition) is 3. The lowest BCUT2D eigenvalue weighted by atomic mass is 10.0. The Balaban J connectivity index is 0. The lowest BCUT2D eigenvalue weighted by Crippen LogP contribution is -1.90. The number of phenols is 2. The van der Waals surface area contributed by atoms with E-state index >= 15 is 0 Å². The maximum atomic E-state index is 10.6. The van der Waals surface area contributed by atoms with Gasteiger partial charge in [-0.3, -0.25) is 0 Å². The summed E-state index contributed by atoms with van der Waals surface area (Å²) < 4.78 is 0. The van der Waals surface area contributed by atoms with Crippen molar-refractivity contribution in [2.24, 2.45) is 20.5 Å². The zero-order chi connectivity index (χ0) is 41.5. The highest BCUT2D eigenvalue weighted by Gasteiger charge is 2.13. The highest BCUT2D eigenvalue weighted by atomic mass is 16.3. The molecule has 0 aliphatic carbocycles. The van der Waals surface area contributed by atoms with E-state index < -0.39 is 0 Å². The summed E-state index contributed by atoms with van der Waals surface area (Å²) in [5, 5.41) is 44.4. The summed E-state index contributed by atoms with van der Waals surface area (Å²) in [5.41, 5.74) is 5.19. The van der Waals surface area contributed by atoms with Crippen molar-refractivity contribution in [1.82, 2.24) is 0 Å². The van der Waals surface area contributed by atoms with E-state index in [1.807, 2.05) is 219 Å². The zero-order valence-electron chi connectivity index (χ0n) is 35.7. The van der Waals surface area contributed by atoms with Crippen molar-refractivity contribution in [2.45, 2.75) is 96.9 Å². The van der Waals surface area contributed by atoms with E-state index in [2.05, 4.69) is 25.8 Å². The average molecular weight is 734 g/mol. The molecule has 6 aromatic carbocycles. The van der Waals surface area contributed by atoms with Gasteiger partial charge in [0.25, 0.3) is 0 Å². The normalized spacial score (nSPS) is 9.39. The van der Waals surface area contributed by atoms with Crippen LogP contribution in [0, 0.1) is 13.8 Å². The van der Waals surface area contributed by atoms with Gasteiger partial charge in [-0.15, -0.1) is 10.2 Å². The van der Waals surface area contributed by atoms with E-state index in [9.17, 15) is 10.2 Å². The van der Waals surface area contributed by atoms with Gasteiger partial charge in [0.1, 0.15) is 11.4 Å². The van der Waals surface area contributed by atoms with E-state index in [4.69, 9.17) is 0 Å². The number of fused-ring (bicyclic) bond motifs is 2. The first-order chi connectivity index (χ1) is 26.5. The van der Waals surface area contributed by atoms with Crippen LogP contribution in [0.25, 0.3) is 21.5 Å². The molecule has 0 heterocycles. The molecule has 0 aliphatic heterocycles. The second-order valence-corrected chi connectivity index (χ2v) is 9.73. The van der Waals surface area contributed by atoms with Gasteiger partial charge < -0.3 is 15.5 Å². The highest BCUT2D eigenvalue weighted by molar-refractivity contribution is 6.02. The topological polar surface area (TPSA) is 102 Å². The standard InChI is InChI=1S/C18H17N3O.C17H14N2O.6C2H6/c1-12-11-13-7-6-10-15(19-2)16(13)18(22)17(12)21-20-14-8-4-3-5-9-14;1-12-11-13-7-5-6-10-15(13)17(20)16(12)19-18-14-8-3-2-4-9-14;6*1-2/h3-11,19,22H,1-2H3;2-11,20H,1H3;6*1-2H3. The van der Waals surface area contributed by atoms with Gasteiger partial charge >= 0.3 is 0 Å². The Morgan fingerprint density at radius 3 is 1.28 bits per heavy atom. The molecular weight excluding hydrogens is 667 g/mol. The van der Waals surface area contributed by atoms with Gasteiger partial charge in [-0.05, 0) is 78.2 Å². The minimum absolute atomic E-state index is 0.152. The monoisotopic (exact) mass is 734 g/mol. The van der Waals surface area contributed by atoms with E-state index in [-0.39, 0.29) is 11.5 Å². The van der Waals surface area contributed by atoms with Crippen LogP contribution in [0.4, 0.5) is 28.4 Å². The summed E-state index contributed by atoms with van der Waals surface area (Å²) >= 11 is 0. The van der Waals surface area contributed by atoms with Crippen LogP contribution in [0.3, 0.4) is 0 Å². The lowest BCUT2D eigenvalue weighted by molar-refractivity contribution is 0.482. The number of aromatic hydroxyl groups is 2. The number of anilines is 1. The third-order valence-corrected chi connectivity index (χ3v) is 6.80. The Morgan fingerprint density at radius 1 is 0.426 bits per heavy atom. The molecule has 0 saturated carbocycles. The molecule has 0 amide bonds. The second kappa shape index (κ2) is 31.0. The fourth-order valence-electron chi connectivity index (χ4n) is 4.68. The highest BCUT2D eigenvalue weighted by Crippen LogP contribution is 2.42. The molecule has 0 aliphatic rings. The van der Waals surface area contributed by atoms with Crippen LogP contribution in [0.1, 0.15) is 94.2 Å². The molecular formula is C47H67N5O2. The number of nitrogens with zero attached hydrogens (tertiary/aromatic N) is 4. The van der Waals surface area contributed by atoms with Crippen molar-refractivity contribution in [1.29, 1.82) is 0 Å². The van der Waals surface area contributed by atoms with Crippen LogP contribution in [0.15, 0.2) is 136 Å². The first-order valence-electron chi connectivity index (χ1n) is 19.5. The van der Waals surface area contributed by atoms with Crippen molar-refractivity contribution in [3.63, 3.8) is 0 Å². The average Bonchev–Trinajstić information content (AvgIpc) is 3.25. The third kappa shape index (κ3) is 15.2. The molecule has 0 fully saturated rings. The predicted octanol–water partition coefficient (Wildman–Crippen LogP) is 16.7. The maximum Gasteiger partial charge on any atom is 0.153 e. The van der Waals surface area contributed by atoms with Gasteiger partial charge in [-0.2, -0.15) is 10.2 Å². The van der Waals surface area contributed by atoms with Gasteiger partial charge in [-0.25, -0.2) is 0 Å². The Labute approximate surface area is 327 Å². The van der Waals surface area contributed by atoms with Crippen LogP contribution in [0.2, 0.25) is 0 Å². The molecule has 7 nitrogen and oxygen atoms in total. The molecule has 0 atom stereocenters. The summed E-state index contributed by atoms with van der Waals surface area (Å²) in [6, 6.07) is 36.5. The van der Waals surface area contributed by atoms with Gasteiger partial charge in [-0.1, -0.05) is 156 Å². The number of rotatable bonds is 5. The quantitative estimate of drug-likeness (QED) is 0.154. The van der Waals surface area contributed by atoms with Gasteiger partial charge in [0.05, 0.1) is 11.4 Å². The van der Waals surface area contributed by atoms with E-state index in [1.165, 1.54) is 0 Å². The number of nitrogens with one attached hydrogen (secondary N) is 1. The minimum Gasteiger partial charge on any atom is -0.505 e. The van der Waals surface area contributed by atoms with Crippen LogP contribution in [-0.2, 0) is 0 Å². The second-order valence-electron chi connectivity index (χ2n) is 9.73. The van der Waals surface area contributed by atoms with Crippen molar-refractivity contribution in [3.05, 3.63) is 126 Å². The van der Waals surface area contributed by atoms with Crippen molar-refractivity contribution in [2.75, 3.05) is 12.4 Å². The molecule has 0 radical (unpaired) electrons. The summed E-state index contributed by atoms with van der Waals surface area (Å²) in [6.45, 7) is 27.8. The molecule has 0 bridgehead atoms. The number of aryl methyl sites for hydroxylation is 2. The fraction of sp³-hybridized carbons (Fsp3) is 0.319. The number of benzene rings is 6. The molecule has 7 heteroatoms. The van der Waals surface area contributed by atoms with Crippen molar-refractivity contribution in [3.8, 4) is 11.5 Å². The molecule has 6 rings (SSSR count). The SMILES string of the molecule is CC.CC.CC.CC.CC.CC.CNc1cccc2cc(C)c(N=Nc3ccccc3)c(O)c12.Cc1cc2ccccc2c(O)c1N=Nc1ccccc1. The Kier molecular flexibility index (Phi) is 29.0. The Morgan fingerprint density at radius 2 is 0.815 bits per heavy atom. The summed E-state index contributed by atoms with van der Waals surface area (Å²) in [4.78, 5) is 0. The van der Waals surface area contributed by atoms with Crippen LogP contribution >= 0.6 is 0 Å². The van der Waals surface area contributed by atoms with Crippen molar-refractivity contribution >= 4 is 50.0 Å². The first-order valence-corrected chi connectivity index (χ1v) is 19.5. The van der Waals surface area contributed by atoms with Crippen molar-refractivity contribution < 1.29 is 10.2 Å². The third-order valence-electron chi connectivity index (χ3n) is 6.80. The summed E-state index contributed by atoms with van der Waals surface area (Å²) in [6.07, 6.45) is 0. The number of azo groups is 2. The Hall–Kier alpha value is -5.56. The largest absolute Gasteiger partial charge is 0.505 e. The molecule has 3 N–H and O–H groups in total. The van der Waals surface area contributed by atoms with E-state index in [1.54, 1.807) is 0 Å². The fourth-order valence-corrected chi connectivity index (χ4v) is 4.68. The maximum absolute atomic E-state index is 10.6. The first kappa shape index (κ1) is 50.5.